The number of allylic oxidation sites excluding steroid dienone is 1. The van der Waals surface area contributed by atoms with Crippen molar-refractivity contribution in [3.63, 3.8) is 0 Å². The molecule has 1 atom stereocenters. The molecule has 3 aromatic carbocycles. The maximum atomic E-state index is 11.3. The van der Waals surface area contributed by atoms with Gasteiger partial charge in [-0.2, -0.15) is 5.26 Å². The van der Waals surface area contributed by atoms with Crippen molar-refractivity contribution in [1.29, 1.82) is 5.26 Å². The SMILES string of the molecule is N#CC1=C(N)Oc2c(ccc3ccccc23)C1c1ccc(Cl)c([N+](=O)[O-])c1. The van der Waals surface area contributed by atoms with Gasteiger partial charge in [0.2, 0.25) is 5.88 Å². The predicted octanol–water partition coefficient (Wildman–Crippen LogP) is 4.62. The second-order valence-corrected chi connectivity index (χ2v) is 6.51. The number of benzene rings is 3. The van der Waals surface area contributed by atoms with E-state index in [4.69, 9.17) is 22.1 Å². The molecule has 132 valence electrons. The monoisotopic (exact) mass is 377 g/mol. The molecule has 7 heteroatoms. The third-order valence-electron chi connectivity index (χ3n) is 4.61. The van der Waals surface area contributed by atoms with Crippen LogP contribution in [0, 0.1) is 21.4 Å². The van der Waals surface area contributed by atoms with Crippen LogP contribution in [0.3, 0.4) is 0 Å². The summed E-state index contributed by atoms with van der Waals surface area (Å²) in [5.74, 6) is -0.0459. The highest BCUT2D eigenvalue weighted by atomic mass is 35.5. The highest BCUT2D eigenvalue weighted by molar-refractivity contribution is 6.32. The molecule has 0 saturated heterocycles. The highest BCUT2D eigenvalue weighted by Gasteiger charge is 2.32. The summed E-state index contributed by atoms with van der Waals surface area (Å²) in [5.41, 5.74) is 7.27. The number of nitrogens with two attached hydrogens (primary N) is 1. The van der Waals surface area contributed by atoms with Crippen molar-refractivity contribution in [3.8, 4) is 11.8 Å². The molecule has 0 fully saturated rings. The first-order chi connectivity index (χ1) is 13.0. The van der Waals surface area contributed by atoms with Crippen molar-refractivity contribution >= 4 is 28.1 Å². The van der Waals surface area contributed by atoms with Crippen molar-refractivity contribution in [1.82, 2.24) is 0 Å². The summed E-state index contributed by atoms with van der Waals surface area (Å²) in [6.45, 7) is 0. The van der Waals surface area contributed by atoms with Crippen LogP contribution in [-0.4, -0.2) is 4.92 Å². The Hall–Kier alpha value is -3.56. The number of rotatable bonds is 2. The average Bonchev–Trinajstić information content (AvgIpc) is 2.67. The lowest BCUT2D eigenvalue weighted by molar-refractivity contribution is -0.384. The van der Waals surface area contributed by atoms with Gasteiger partial charge in [-0.15, -0.1) is 0 Å². The molecule has 0 aromatic heterocycles. The van der Waals surface area contributed by atoms with Gasteiger partial charge in [0.05, 0.1) is 10.8 Å². The first-order valence-electron chi connectivity index (χ1n) is 8.04. The highest BCUT2D eigenvalue weighted by Crippen LogP contribution is 2.46. The maximum absolute atomic E-state index is 11.3. The summed E-state index contributed by atoms with van der Waals surface area (Å²) >= 11 is 5.94. The Morgan fingerprint density at radius 2 is 1.96 bits per heavy atom. The lowest BCUT2D eigenvalue weighted by atomic mass is 9.82. The summed E-state index contributed by atoms with van der Waals surface area (Å²) in [7, 11) is 0. The Morgan fingerprint density at radius 3 is 2.70 bits per heavy atom. The van der Waals surface area contributed by atoms with Crippen LogP contribution in [-0.2, 0) is 0 Å². The maximum Gasteiger partial charge on any atom is 0.288 e. The quantitative estimate of drug-likeness (QED) is 0.518. The van der Waals surface area contributed by atoms with Crippen molar-refractivity contribution in [3.05, 3.63) is 92.3 Å². The number of ether oxygens (including phenoxy) is 1. The molecule has 1 heterocycles. The van der Waals surface area contributed by atoms with Gasteiger partial charge in [0.1, 0.15) is 22.4 Å². The Bertz CT molecular complexity index is 1180. The van der Waals surface area contributed by atoms with Crippen molar-refractivity contribution in [2.75, 3.05) is 0 Å². The second kappa shape index (κ2) is 6.31. The van der Waals surface area contributed by atoms with Crippen LogP contribution in [0.2, 0.25) is 5.02 Å². The van der Waals surface area contributed by atoms with Gasteiger partial charge in [-0.1, -0.05) is 54.1 Å². The third kappa shape index (κ3) is 2.65. The molecule has 1 aliphatic rings. The molecular formula is C20H12ClN3O3. The van der Waals surface area contributed by atoms with E-state index in [1.54, 1.807) is 6.07 Å². The topological polar surface area (TPSA) is 102 Å². The zero-order valence-electron chi connectivity index (χ0n) is 13.8. The van der Waals surface area contributed by atoms with E-state index < -0.39 is 10.8 Å². The minimum absolute atomic E-state index is 0.0102. The normalized spacial score (nSPS) is 15.8. The van der Waals surface area contributed by atoms with E-state index in [1.807, 2.05) is 36.4 Å². The number of nitro benzene ring substituents is 1. The number of fused-ring (bicyclic) bond motifs is 3. The molecule has 1 aliphatic heterocycles. The molecule has 0 spiro atoms. The molecule has 2 N–H and O–H groups in total. The number of hydrogen-bond acceptors (Lipinski definition) is 5. The molecule has 0 aliphatic carbocycles. The molecule has 6 nitrogen and oxygen atoms in total. The van der Waals surface area contributed by atoms with E-state index in [2.05, 4.69) is 6.07 Å². The van der Waals surface area contributed by atoms with Crippen LogP contribution >= 0.6 is 11.6 Å². The van der Waals surface area contributed by atoms with Gasteiger partial charge in [-0.05, 0) is 17.0 Å². The lowest BCUT2D eigenvalue weighted by Crippen LogP contribution is -2.21. The van der Waals surface area contributed by atoms with Crippen molar-refractivity contribution in [2.24, 2.45) is 5.73 Å². The summed E-state index contributed by atoms with van der Waals surface area (Å²) in [5, 5.41) is 22.8. The van der Waals surface area contributed by atoms with Gasteiger partial charge in [-0.25, -0.2) is 0 Å². The van der Waals surface area contributed by atoms with Crippen LogP contribution in [0.15, 0.2) is 66.1 Å². The summed E-state index contributed by atoms with van der Waals surface area (Å²) < 4.78 is 5.78. The molecule has 3 aromatic rings. The van der Waals surface area contributed by atoms with E-state index >= 15 is 0 Å². The number of nitriles is 1. The van der Waals surface area contributed by atoms with E-state index in [-0.39, 0.29) is 22.2 Å². The average molecular weight is 378 g/mol. The summed E-state index contributed by atoms with van der Waals surface area (Å²) in [6, 6.07) is 18.0. The van der Waals surface area contributed by atoms with E-state index in [0.29, 0.717) is 11.3 Å². The number of nitro groups is 1. The fourth-order valence-electron chi connectivity index (χ4n) is 3.38. The fraction of sp³-hybridized carbons (Fsp3) is 0.0500. The lowest BCUT2D eigenvalue weighted by Gasteiger charge is -2.27. The third-order valence-corrected chi connectivity index (χ3v) is 4.93. The summed E-state index contributed by atoms with van der Waals surface area (Å²) in [6.07, 6.45) is 0. The minimum atomic E-state index is -0.584. The zero-order chi connectivity index (χ0) is 19.1. The molecule has 27 heavy (non-hydrogen) atoms. The van der Waals surface area contributed by atoms with Gasteiger partial charge in [0.25, 0.3) is 5.69 Å². The van der Waals surface area contributed by atoms with E-state index in [1.165, 1.54) is 12.1 Å². The zero-order valence-corrected chi connectivity index (χ0v) is 14.6. The Balaban J connectivity index is 2.00. The molecule has 0 bridgehead atoms. The van der Waals surface area contributed by atoms with E-state index in [9.17, 15) is 15.4 Å². The minimum Gasteiger partial charge on any atom is -0.440 e. The van der Waals surface area contributed by atoms with Crippen LogP contribution in [0.25, 0.3) is 10.8 Å². The largest absolute Gasteiger partial charge is 0.440 e. The Morgan fingerprint density at radius 1 is 1.19 bits per heavy atom. The van der Waals surface area contributed by atoms with Crippen LogP contribution in [0.1, 0.15) is 17.0 Å². The first-order valence-corrected chi connectivity index (χ1v) is 8.42. The molecule has 0 radical (unpaired) electrons. The van der Waals surface area contributed by atoms with Crippen LogP contribution < -0.4 is 10.5 Å². The van der Waals surface area contributed by atoms with Crippen LogP contribution in [0.4, 0.5) is 5.69 Å². The summed E-state index contributed by atoms with van der Waals surface area (Å²) in [4.78, 5) is 10.7. The van der Waals surface area contributed by atoms with Crippen LogP contribution in [0.5, 0.6) is 5.75 Å². The fourth-order valence-corrected chi connectivity index (χ4v) is 3.57. The predicted molar refractivity (Wildman–Crippen MR) is 101 cm³/mol. The standard InChI is InChI=1S/C20H12ClN3O3/c21-16-8-6-12(9-17(16)24(25)26)18-14-7-5-11-3-1-2-4-13(11)19(14)27-20(23)15(18)10-22/h1-9,18H,23H2. The van der Waals surface area contributed by atoms with Gasteiger partial charge in [-0.3, -0.25) is 10.1 Å². The number of nitrogens with zero attached hydrogens (tertiary/aromatic N) is 2. The Labute approximate surface area is 159 Å². The van der Waals surface area contributed by atoms with Crippen molar-refractivity contribution < 1.29 is 9.66 Å². The van der Waals surface area contributed by atoms with Gasteiger partial charge in [0.15, 0.2) is 0 Å². The van der Waals surface area contributed by atoms with E-state index in [0.717, 1.165) is 16.3 Å². The number of halogens is 1. The Kier molecular flexibility index (Phi) is 3.94. The molecule has 4 rings (SSSR count). The number of hydrogen-bond donors (Lipinski definition) is 1. The molecule has 1 unspecified atom stereocenters. The molecule has 0 amide bonds. The van der Waals surface area contributed by atoms with Gasteiger partial charge in [0, 0.05) is 17.0 Å². The first kappa shape index (κ1) is 16.9. The van der Waals surface area contributed by atoms with Crippen molar-refractivity contribution in [2.45, 2.75) is 5.92 Å². The smallest absolute Gasteiger partial charge is 0.288 e. The van der Waals surface area contributed by atoms with Gasteiger partial charge < -0.3 is 10.5 Å². The second-order valence-electron chi connectivity index (χ2n) is 6.10. The van der Waals surface area contributed by atoms with Gasteiger partial charge >= 0.3 is 0 Å². The molecular weight excluding hydrogens is 366 g/mol. The molecule has 0 saturated carbocycles.